The van der Waals surface area contributed by atoms with E-state index in [1.807, 2.05) is 34.9 Å². The van der Waals surface area contributed by atoms with E-state index in [1.165, 1.54) is 0 Å². The largest absolute Gasteiger partial charge is 0.754 e. The van der Waals surface area contributed by atoms with Gasteiger partial charge in [-0.2, -0.15) is 4.67 Å². The minimum Gasteiger partial charge on any atom is -0.754 e. The Kier molecular flexibility index (Phi) is 9.36. The van der Waals surface area contributed by atoms with Crippen molar-refractivity contribution in [3.63, 3.8) is 0 Å². The van der Waals surface area contributed by atoms with E-state index in [1.54, 1.807) is 27.7 Å². The highest BCUT2D eigenvalue weighted by Crippen LogP contribution is 2.45. The predicted molar refractivity (Wildman–Crippen MR) is 101 cm³/mol. The van der Waals surface area contributed by atoms with Crippen LogP contribution in [0.2, 0.25) is 0 Å². The van der Waals surface area contributed by atoms with Crippen LogP contribution in [0.4, 0.5) is 0 Å². The number of hydrogen-bond donors (Lipinski definition) is 0. The second kappa shape index (κ2) is 9.63. The predicted octanol–water partition coefficient (Wildman–Crippen LogP) is 2.83. The SMILES string of the molecule is C=C(C)C(=O)OCC[N+](C)(C)CC(OP(=O)([O-])OOC(C)(C)C)C(C)(C)C. The number of phosphoric ester groups is 1. The van der Waals surface area contributed by atoms with Gasteiger partial charge in [-0.05, 0) is 33.1 Å². The van der Waals surface area contributed by atoms with Crippen LogP contribution in [0.25, 0.3) is 0 Å². The maximum atomic E-state index is 12.2. The summed E-state index contributed by atoms with van der Waals surface area (Å²) in [5.74, 6) is -0.449. The van der Waals surface area contributed by atoms with Crippen molar-refractivity contribution in [2.24, 2.45) is 5.41 Å². The summed E-state index contributed by atoms with van der Waals surface area (Å²) >= 11 is 0. The summed E-state index contributed by atoms with van der Waals surface area (Å²) in [5.41, 5.74) is -0.933. The van der Waals surface area contributed by atoms with Gasteiger partial charge in [0, 0.05) is 5.57 Å². The summed E-state index contributed by atoms with van der Waals surface area (Å²) in [4.78, 5) is 28.5. The van der Waals surface area contributed by atoms with E-state index in [4.69, 9.17) is 14.1 Å². The van der Waals surface area contributed by atoms with Gasteiger partial charge < -0.3 is 18.6 Å². The molecule has 0 bridgehead atoms. The Morgan fingerprint density at radius 3 is 2.11 bits per heavy atom. The van der Waals surface area contributed by atoms with Crippen LogP contribution >= 0.6 is 7.82 Å². The summed E-state index contributed by atoms with van der Waals surface area (Å²) in [6.07, 6.45) is -0.670. The zero-order valence-electron chi connectivity index (χ0n) is 18.2. The van der Waals surface area contributed by atoms with Crippen molar-refractivity contribution in [2.75, 3.05) is 33.8 Å². The lowest BCUT2D eigenvalue weighted by Gasteiger charge is -2.40. The summed E-state index contributed by atoms with van der Waals surface area (Å²) in [6, 6.07) is 0. The number of esters is 1. The Bertz CT molecular complexity index is 561. The zero-order valence-corrected chi connectivity index (χ0v) is 19.1. The Morgan fingerprint density at radius 2 is 1.70 bits per heavy atom. The molecule has 0 aromatic carbocycles. The second-order valence-electron chi connectivity index (χ2n) is 9.44. The first-order valence-electron chi connectivity index (χ1n) is 8.86. The van der Waals surface area contributed by atoms with Gasteiger partial charge in [0.05, 0.1) is 19.7 Å². The number of ether oxygens (including phenoxy) is 1. The van der Waals surface area contributed by atoms with E-state index < -0.39 is 30.9 Å². The van der Waals surface area contributed by atoms with Gasteiger partial charge in [-0.25, -0.2) is 9.68 Å². The van der Waals surface area contributed by atoms with Crippen LogP contribution in [-0.2, 0) is 28.2 Å². The zero-order chi connectivity index (χ0) is 21.7. The molecule has 0 radical (unpaired) electrons. The van der Waals surface area contributed by atoms with Gasteiger partial charge in [-0.1, -0.05) is 27.4 Å². The Morgan fingerprint density at radius 1 is 1.19 bits per heavy atom. The Hall–Kier alpha value is -0.760. The van der Waals surface area contributed by atoms with Gasteiger partial charge >= 0.3 is 5.97 Å². The summed E-state index contributed by atoms with van der Waals surface area (Å²) in [5, 5.41) is 0. The Labute approximate surface area is 163 Å². The summed E-state index contributed by atoms with van der Waals surface area (Å²) in [6.45, 7) is 16.8. The standard InChI is InChI=1S/C18H36NO7P/c1-14(2)16(20)23-12-11-19(9,10)13-15(17(3,4)5)24-27(21,22)26-25-18(6,7)8/h15H,1,11-13H2,2-10H3. The first kappa shape index (κ1) is 26.2. The van der Waals surface area contributed by atoms with Crippen LogP contribution in [-0.4, -0.2) is 55.9 Å². The highest BCUT2D eigenvalue weighted by atomic mass is 31.2. The van der Waals surface area contributed by atoms with Crippen LogP contribution in [0.1, 0.15) is 48.5 Å². The van der Waals surface area contributed by atoms with Gasteiger partial charge in [-0.3, -0.25) is 4.57 Å². The maximum absolute atomic E-state index is 12.2. The third-order valence-corrected chi connectivity index (χ3v) is 4.31. The van der Waals surface area contributed by atoms with Crippen LogP contribution in [0.3, 0.4) is 0 Å². The van der Waals surface area contributed by atoms with Gasteiger partial charge in [-0.15, -0.1) is 0 Å². The number of rotatable bonds is 10. The summed E-state index contributed by atoms with van der Waals surface area (Å²) < 4.78 is 27.6. The molecule has 0 amide bonds. The molecule has 0 aliphatic heterocycles. The molecule has 0 spiro atoms. The average Bonchev–Trinajstić information content (AvgIpc) is 2.42. The first-order valence-corrected chi connectivity index (χ1v) is 10.3. The van der Waals surface area contributed by atoms with E-state index >= 15 is 0 Å². The number of quaternary nitrogens is 1. The molecule has 2 atom stereocenters. The van der Waals surface area contributed by atoms with E-state index in [9.17, 15) is 14.3 Å². The third-order valence-electron chi connectivity index (χ3n) is 3.54. The molecule has 0 aromatic rings. The highest BCUT2D eigenvalue weighted by molar-refractivity contribution is 7.45. The molecule has 0 fully saturated rings. The van der Waals surface area contributed by atoms with Crippen LogP contribution in [0.5, 0.6) is 0 Å². The van der Waals surface area contributed by atoms with Crippen molar-refractivity contribution in [3.8, 4) is 0 Å². The van der Waals surface area contributed by atoms with Crippen LogP contribution < -0.4 is 4.89 Å². The number of likely N-dealkylation sites (N-methyl/N-ethyl adjacent to an activating group) is 1. The molecule has 27 heavy (non-hydrogen) atoms. The number of carbonyl (C=O) groups is 1. The molecule has 9 heteroatoms. The molecule has 0 N–H and O–H groups in total. The molecule has 0 aromatic heterocycles. The normalized spacial score (nSPS) is 16.5. The molecule has 2 unspecified atom stereocenters. The molecule has 0 saturated carbocycles. The van der Waals surface area contributed by atoms with E-state index in [2.05, 4.69) is 11.3 Å². The minimum atomic E-state index is -4.66. The van der Waals surface area contributed by atoms with Gasteiger partial charge in [0.25, 0.3) is 7.82 Å². The lowest BCUT2D eigenvalue weighted by Crippen LogP contribution is -2.51. The van der Waals surface area contributed by atoms with E-state index in [0.29, 0.717) is 23.1 Å². The smallest absolute Gasteiger partial charge is 0.333 e. The van der Waals surface area contributed by atoms with Gasteiger partial charge in [0.1, 0.15) is 25.8 Å². The average molecular weight is 409 g/mol. The van der Waals surface area contributed by atoms with Crippen molar-refractivity contribution in [1.29, 1.82) is 0 Å². The molecule has 160 valence electrons. The van der Waals surface area contributed by atoms with Crippen LogP contribution in [0.15, 0.2) is 12.2 Å². The van der Waals surface area contributed by atoms with Crippen molar-refractivity contribution in [3.05, 3.63) is 12.2 Å². The highest BCUT2D eigenvalue weighted by Gasteiger charge is 2.36. The molecule has 8 nitrogen and oxygen atoms in total. The van der Waals surface area contributed by atoms with Crippen LogP contribution in [0, 0.1) is 5.41 Å². The van der Waals surface area contributed by atoms with Gasteiger partial charge in [0.15, 0.2) is 0 Å². The second-order valence-corrected chi connectivity index (χ2v) is 10.7. The third kappa shape index (κ3) is 12.3. The number of carbonyl (C=O) groups excluding carboxylic acids is 1. The number of nitrogens with zero attached hydrogens (tertiary/aromatic N) is 1. The fourth-order valence-corrected chi connectivity index (χ4v) is 2.89. The van der Waals surface area contributed by atoms with E-state index in [0.717, 1.165) is 0 Å². The molecular weight excluding hydrogens is 373 g/mol. The Balaban J connectivity index is 4.97. The lowest BCUT2D eigenvalue weighted by molar-refractivity contribution is -0.894. The molecule has 0 rings (SSSR count). The molecule has 0 heterocycles. The van der Waals surface area contributed by atoms with Gasteiger partial charge in [0.2, 0.25) is 0 Å². The van der Waals surface area contributed by atoms with Crippen molar-refractivity contribution in [2.45, 2.75) is 60.2 Å². The fourth-order valence-electron chi connectivity index (χ4n) is 1.85. The monoisotopic (exact) mass is 409 g/mol. The molecular formula is C18H36NO7P. The van der Waals surface area contributed by atoms with E-state index in [-0.39, 0.29) is 6.61 Å². The minimum absolute atomic E-state index is 0.189. The van der Waals surface area contributed by atoms with Crippen molar-refractivity contribution >= 4 is 13.8 Å². The lowest BCUT2D eigenvalue weighted by atomic mass is 9.88. The molecule has 0 saturated heterocycles. The van der Waals surface area contributed by atoms with Crippen molar-refractivity contribution in [1.82, 2.24) is 0 Å². The fraction of sp³-hybridized carbons (Fsp3) is 0.833. The topological polar surface area (TPSA) is 94.1 Å². The molecule has 0 aliphatic rings. The summed E-state index contributed by atoms with van der Waals surface area (Å²) in [7, 11) is -0.858. The number of hydrogen-bond acceptors (Lipinski definition) is 7. The quantitative estimate of drug-likeness (QED) is 0.137. The maximum Gasteiger partial charge on any atom is 0.333 e. The van der Waals surface area contributed by atoms with Crippen molar-refractivity contribution < 1.29 is 37.6 Å². The first-order chi connectivity index (χ1) is 11.8. The molecule has 0 aliphatic carbocycles. The number of phosphoric acid groups is 1.